The Morgan fingerprint density at radius 3 is 2.65 bits per heavy atom. The highest BCUT2D eigenvalue weighted by Crippen LogP contribution is 2.48. The Kier molecular flexibility index (Phi) is 4.43. The number of hydrogen-bond acceptors (Lipinski definition) is 3. The number of hydrogen-bond donors (Lipinski definition) is 2. The summed E-state index contributed by atoms with van der Waals surface area (Å²) in [5.74, 6) is -0.462. The summed E-state index contributed by atoms with van der Waals surface area (Å²) >= 11 is 0. The van der Waals surface area contributed by atoms with Gasteiger partial charge in [-0.15, -0.1) is 0 Å². The van der Waals surface area contributed by atoms with Gasteiger partial charge in [0, 0.05) is 29.6 Å². The molecule has 4 nitrogen and oxygen atoms in total. The quantitative estimate of drug-likeness (QED) is 0.879. The van der Waals surface area contributed by atoms with E-state index >= 15 is 0 Å². The van der Waals surface area contributed by atoms with Crippen molar-refractivity contribution < 1.29 is 14.3 Å². The number of aliphatic hydroxyl groups is 1. The van der Waals surface area contributed by atoms with Crippen LogP contribution in [0.5, 0.6) is 0 Å². The minimum atomic E-state index is -0.407. The molecule has 1 saturated carbocycles. The molecule has 3 rings (SSSR count). The van der Waals surface area contributed by atoms with Crippen LogP contribution in [0.25, 0.3) is 0 Å². The van der Waals surface area contributed by atoms with Crippen LogP contribution in [0.4, 0.5) is 4.39 Å². The average molecular weight is 320 g/mol. The maximum Gasteiger partial charge on any atom is 0.254 e. The number of carbonyl (C=O) groups excluding carboxylic acids is 1. The Morgan fingerprint density at radius 1 is 1.35 bits per heavy atom. The van der Waals surface area contributed by atoms with Gasteiger partial charge in [-0.2, -0.15) is 0 Å². The Labute approximate surface area is 136 Å². The minimum absolute atomic E-state index is 0.00824. The van der Waals surface area contributed by atoms with E-state index in [-0.39, 0.29) is 29.2 Å². The third kappa shape index (κ3) is 2.76. The van der Waals surface area contributed by atoms with Crippen molar-refractivity contribution in [1.82, 2.24) is 4.90 Å². The number of nitrogens with zero attached hydrogens (tertiary/aromatic N) is 1. The molecule has 5 heteroatoms. The molecule has 0 radical (unpaired) electrons. The van der Waals surface area contributed by atoms with Gasteiger partial charge in [-0.25, -0.2) is 4.39 Å². The molecular formula is C18H25FN2O2. The molecule has 1 amide bonds. The van der Waals surface area contributed by atoms with Crippen LogP contribution in [0.3, 0.4) is 0 Å². The number of likely N-dealkylation sites (tertiary alicyclic amines) is 1. The molecular weight excluding hydrogens is 295 g/mol. The summed E-state index contributed by atoms with van der Waals surface area (Å²) in [5.41, 5.74) is 6.10. The van der Waals surface area contributed by atoms with E-state index in [0.29, 0.717) is 12.1 Å². The van der Waals surface area contributed by atoms with E-state index in [0.717, 1.165) is 32.1 Å². The van der Waals surface area contributed by atoms with Crippen LogP contribution in [0.2, 0.25) is 0 Å². The molecule has 126 valence electrons. The van der Waals surface area contributed by atoms with Gasteiger partial charge in [-0.05, 0) is 43.5 Å². The summed E-state index contributed by atoms with van der Waals surface area (Å²) in [5, 5.41) is 10.6. The van der Waals surface area contributed by atoms with Crippen LogP contribution in [0, 0.1) is 11.2 Å². The smallest absolute Gasteiger partial charge is 0.254 e. The number of fused-ring (bicyclic) bond motifs is 1. The predicted molar refractivity (Wildman–Crippen MR) is 86.4 cm³/mol. The van der Waals surface area contributed by atoms with Gasteiger partial charge in [0.25, 0.3) is 5.91 Å². The largest absolute Gasteiger partial charge is 0.392 e. The average Bonchev–Trinajstić information content (AvgIpc) is 2.77. The van der Waals surface area contributed by atoms with E-state index in [1.165, 1.54) is 24.3 Å². The highest BCUT2D eigenvalue weighted by atomic mass is 19.1. The summed E-state index contributed by atoms with van der Waals surface area (Å²) in [4.78, 5) is 14.9. The van der Waals surface area contributed by atoms with Crippen molar-refractivity contribution in [2.75, 3.05) is 6.54 Å². The van der Waals surface area contributed by atoms with E-state index in [1.807, 2.05) is 4.90 Å². The van der Waals surface area contributed by atoms with Crippen LogP contribution in [0.1, 0.15) is 49.4 Å². The van der Waals surface area contributed by atoms with Crippen molar-refractivity contribution in [3.8, 4) is 0 Å². The van der Waals surface area contributed by atoms with Crippen molar-refractivity contribution in [2.45, 2.75) is 57.2 Å². The van der Waals surface area contributed by atoms with Gasteiger partial charge in [0.05, 0.1) is 6.10 Å². The lowest BCUT2D eigenvalue weighted by Crippen LogP contribution is -2.48. The summed E-state index contributed by atoms with van der Waals surface area (Å²) in [6.07, 6.45) is 3.97. The van der Waals surface area contributed by atoms with Gasteiger partial charge < -0.3 is 15.7 Å². The van der Waals surface area contributed by atoms with Crippen molar-refractivity contribution in [3.05, 3.63) is 35.6 Å². The summed E-state index contributed by atoms with van der Waals surface area (Å²) in [6, 6.07) is 5.58. The summed E-state index contributed by atoms with van der Waals surface area (Å²) in [7, 11) is 0. The molecule has 1 aromatic carbocycles. The summed E-state index contributed by atoms with van der Waals surface area (Å²) < 4.78 is 13.1. The van der Waals surface area contributed by atoms with E-state index in [2.05, 4.69) is 6.92 Å². The Morgan fingerprint density at radius 2 is 2.00 bits per heavy atom. The lowest BCUT2D eigenvalue weighted by atomic mass is 9.75. The van der Waals surface area contributed by atoms with E-state index in [1.54, 1.807) is 0 Å². The second kappa shape index (κ2) is 6.21. The zero-order valence-corrected chi connectivity index (χ0v) is 13.5. The molecule has 1 saturated heterocycles. The molecule has 0 aromatic heterocycles. The van der Waals surface area contributed by atoms with Gasteiger partial charge in [0.15, 0.2) is 0 Å². The normalized spacial score (nSPS) is 34.1. The molecule has 0 bridgehead atoms. The first kappa shape index (κ1) is 16.4. The van der Waals surface area contributed by atoms with Crippen LogP contribution in [0.15, 0.2) is 24.3 Å². The number of rotatable bonds is 2. The second-order valence-electron chi connectivity index (χ2n) is 7.13. The van der Waals surface area contributed by atoms with Crippen molar-refractivity contribution in [3.63, 3.8) is 0 Å². The Hall–Kier alpha value is -1.46. The standard InChI is InChI=1S/C18H25FN2O2/c1-18-10-14(11-20)21(15(18)4-2-3-5-16(18)22)17(23)12-6-8-13(19)9-7-12/h6-9,14-16,22H,2-5,10-11,20H2,1H3/t14-,15-,16-,18-/m1/s1. The third-order valence-electron chi connectivity index (χ3n) is 5.73. The Bertz CT molecular complexity index is 577. The lowest BCUT2D eigenvalue weighted by Gasteiger charge is -2.37. The van der Waals surface area contributed by atoms with E-state index in [4.69, 9.17) is 5.73 Å². The van der Waals surface area contributed by atoms with Crippen molar-refractivity contribution >= 4 is 5.91 Å². The van der Waals surface area contributed by atoms with Crippen molar-refractivity contribution in [2.24, 2.45) is 11.1 Å². The lowest BCUT2D eigenvalue weighted by molar-refractivity contribution is 0.0121. The minimum Gasteiger partial charge on any atom is -0.392 e. The molecule has 0 unspecified atom stereocenters. The number of nitrogens with two attached hydrogens (primary N) is 1. The fourth-order valence-electron chi connectivity index (χ4n) is 4.39. The number of aliphatic hydroxyl groups excluding tert-OH is 1. The molecule has 23 heavy (non-hydrogen) atoms. The number of benzene rings is 1. The predicted octanol–water partition coefficient (Wildman–Crippen LogP) is 2.31. The van der Waals surface area contributed by atoms with Gasteiger partial charge >= 0.3 is 0 Å². The molecule has 1 aliphatic carbocycles. The molecule has 1 aliphatic heterocycles. The highest BCUT2D eigenvalue weighted by molar-refractivity contribution is 5.95. The number of halogens is 1. The molecule has 3 N–H and O–H groups in total. The SMILES string of the molecule is C[C@@]12C[C@H](CN)N(C(=O)c3ccc(F)cc3)[C@@H]1CCCC[C@H]2O. The maximum absolute atomic E-state index is 13.1. The van der Waals surface area contributed by atoms with Crippen molar-refractivity contribution in [1.29, 1.82) is 0 Å². The zero-order chi connectivity index (χ0) is 16.6. The van der Waals surface area contributed by atoms with Crippen LogP contribution >= 0.6 is 0 Å². The number of carbonyl (C=O) groups is 1. The second-order valence-corrected chi connectivity index (χ2v) is 7.13. The fraction of sp³-hybridized carbons (Fsp3) is 0.611. The Balaban J connectivity index is 1.95. The number of amides is 1. The zero-order valence-electron chi connectivity index (χ0n) is 13.5. The van der Waals surface area contributed by atoms with Gasteiger partial charge in [0.1, 0.15) is 5.82 Å². The first-order chi connectivity index (χ1) is 11.0. The fourth-order valence-corrected chi connectivity index (χ4v) is 4.39. The van der Waals surface area contributed by atoms with Gasteiger partial charge in [-0.3, -0.25) is 4.79 Å². The molecule has 0 spiro atoms. The van der Waals surface area contributed by atoms with E-state index < -0.39 is 6.10 Å². The highest BCUT2D eigenvalue weighted by Gasteiger charge is 2.54. The van der Waals surface area contributed by atoms with Crippen LogP contribution in [-0.4, -0.2) is 40.6 Å². The maximum atomic E-state index is 13.1. The molecule has 2 aliphatic rings. The van der Waals surface area contributed by atoms with E-state index in [9.17, 15) is 14.3 Å². The topological polar surface area (TPSA) is 66.6 Å². The van der Waals surface area contributed by atoms with Gasteiger partial charge in [0.2, 0.25) is 0 Å². The first-order valence-corrected chi connectivity index (χ1v) is 8.43. The monoisotopic (exact) mass is 320 g/mol. The third-order valence-corrected chi connectivity index (χ3v) is 5.73. The summed E-state index contributed by atoms with van der Waals surface area (Å²) in [6.45, 7) is 2.46. The molecule has 1 heterocycles. The van der Waals surface area contributed by atoms with Gasteiger partial charge in [-0.1, -0.05) is 19.8 Å². The molecule has 2 fully saturated rings. The van der Waals surface area contributed by atoms with Crippen LogP contribution in [-0.2, 0) is 0 Å². The van der Waals surface area contributed by atoms with Crippen LogP contribution < -0.4 is 5.73 Å². The molecule has 4 atom stereocenters. The molecule has 1 aromatic rings. The first-order valence-electron chi connectivity index (χ1n) is 8.43.